The van der Waals surface area contributed by atoms with Crippen LogP contribution in [0.2, 0.25) is 0 Å². The molecule has 2 rings (SSSR count). The molecule has 0 aliphatic carbocycles. The summed E-state index contributed by atoms with van der Waals surface area (Å²) in [6.45, 7) is 3.60. The van der Waals surface area contributed by atoms with E-state index in [1.54, 1.807) is 12.1 Å². The van der Waals surface area contributed by atoms with E-state index in [2.05, 4.69) is 13.8 Å². The Hall–Kier alpha value is -3.07. The summed E-state index contributed by atoms with van der Waals surface area (Å²) < 4.78 is 28.2. The molecule has 0 aliphatic rings. The molecule has 0 radical (unpaired) electrons. The van der Waals surface area contributed by atoms with E-state index in [-0.39, 0.29) is 5.56 Å². The van der Waals surface area contributed by atoms with Crippen LogP contribution in [0.15, 0.2) is 47.4 Å². The van der Waals surface area contributed by atoms with Crippen LogP contribution in [0, 0.1) is 10.1 Å². The maximum atomic E-state index is 12.2. The molecule has 1 atom stereocenters. The van der Waals surface area contributed by atoms with Gasteiger partial charge in [0.05, 0.1) is 10.5 Å². The van der Waals surface area contributed by atoms with Crippen molar-refractivity contribution in [2.45, 2.75) is 31.1 Å². The summed E-state index contributed by atoms with van der Waals surface area (Å²) >= 11 is 0. The first kappa shape index (κ1) is 22.2. The van der Waals surface area contributed by atoms with E-state index in [1.165, 1.54) is 0 Å². The Bertz CT molecular complexity index is 1040. The number of hydrogen-bond donors (Lipinski definition) is 0. The molecule has 2 aromatic rings. The molecule has 0 saturated heterocycles. The van der Waals surface area contributed by atoms with Crippen LogP contribution < -0.4 is 0 Å². The van der Waals surface area contributed by atoms with Crippen LogP contribution in [0.5, 0.6) is 0 Å². The molecule has 8 nitrogen and oxygen atoms in total. The van der Waals surface area contributed by atoms with Gasteiger partial charge in [0, 0.05) is 17.9 Å². The largest absolute Gasteiger partial charge is 0.454 e. The maximum Gasteiger partial charge on any atom is 0.338 e. The van der Waals surface area contributed by atoms with Crippen LogP contribution in [0.1, 0.15) is 52.5 Å². The van der Waals surface area contributed by atoms with Gasteiger partial charge in [0.1, 0.15) is 4.90 Å². The number of ketones is 1. The quantitative estimate of drug-likeness (QED) is 0.278. The van der Waals surface area contributed by atoms with Crippen LogP contribution in [0.3, 0.4) is 0 Å². The first-order valence-electron chi connectivity index (χ1n) is 8.83. The molecule has 0 heterocycles. The van der Waals surface area contributed by atoms with Gasteiger partial charge in [0.15, 0.2) is 22.2 Å². The van der Waals surface area contributed by atoms with E-state index in [1.807, 2.05) is 12.1 Å². The lowest BCUT2D eigenvalue weighted by atomic mass is 9.97. The van der Waals surface area contributed by atoms with Gasteiger partial charge >= 0.3 is 5.97 Å². The van der Waals surface area contributed by atoms with Crippen LogP contribution in [0.4, 0.5) is 5.69 Å². The summed E-state index contributed by atoms with van der Waals surface area (Å²) in [6.07, 6.45) is 1.80. The van der Waals surface area contributed by atoms with E-state index in [9.17, 15) is 28.1 Å². The number of benzene rings is 2. The molecule has 2 aromatic carbocycles. The molecular weight excluding hydrogens is 398 g/mol. The third-order valence-corrected chi connectivity index (χ3v) is 5.68. The number of nitrogens with zero attached hydrogens (tertiary/aromatic N) is 1. The van der Waals surface area contributed by atoms with Crippen molar-refractivity contribution in [3.8, 4) is 0 Å². The molecule has 154 valence electrons. The normalized spacial score (nSPS) is 12.2. The van der Waals surface area contributed by atoms with Crippen LogP contribution in [-0.2, 0) is 14.6 Å². The molecule has 29 heavy (non-hydrogen) atoms. The average Bonchev–Trinajstić information content (AvgIpc) is 2.70. The Morgan fingerprint density at radius 2 is 1.69 bits per heavy atom. The summed E-state index contributed by atoms with van der Waals surface area (Å²) in [4.78, 5) is 34.1. The third-order valence-electron chi connectivity index (χ3n) is 4.54. The van der Waals surface area contributed by atoms with E-state index in [4.69, 9.17) is 4.74 Å². The number of Topliss-reactive ketones (excluding diaryl/α,β-unsaturated/α-hetero) is 1. The first-order valence-corrected chi connectivity index (χ1v) is 10.7. The molecular formula is C20H21NO7S. The third kappa shape index (κ3) is 5.47. The Kier molecular flexibility index (Phi) is 6.86. The smallest absolute Gasteiger partial charge is 0.338 e. The van der Waals surface area contributed by atoms with Gasteiger partial charge in [0.25, 0.3) is 5.69 Å². The fourth-order valence-electron chi connectivity index (χ4n) is 2.63. The monoisotopic (exact) mass is 419 g/mol. The Morgan fingerprint density at radius 1 is 1.10 bits per heavy atom. The fraction of sp³-hybridized carbons (Fsp3) is 0.300. The summed E-state index contributed by atoms with van der Waals surface area (Å²) in [6, 6.07) is 9.90. The summed E-state index contributed by atoms with van der Waals surface area (Å²) in [7, 11) is -3.84. The number of rotatable bonds is 8. The highest BCUT2D eigenvalue weighted by molar-refractivity contribution is 7.90. The van der Waals surface area contributed by atoms with Crippen LogP contribution in [-0.4, -0.2) is 38.0 Å². The first-order chi connectivity index (χ1) is 13.5. The molecule has 0 spiro atoms. The Labute approximate surface area is 168 Å². The summed E-state index contributed by atoms with van der Waals surface area (Å²) in [5, 5.41) is 11.1. The number of carbonyl (C=O) groups excluding carboxylic acids is 2. The zero-order chi connectivity index (χ0) is 21.8. The van der Waals surface area contributed by atoms with Gasteiger partial charge in [-0.2, -0.15) is 0 Å². The van der Waals surface area contributed by atoms with Crippen molar-refractivity contribution in [2.75, 3.05) is 12.9 Å². The second kappa shape index (κ2) is 8.95. The highest BCUT2D eigenvalue weighted by Crippen LogP contribution is 2.25. The number of ether oxygens (including phenoxy) is 1. The average molecular weight is 419 g/mol. The maximum absolute atomic E-state index is 12.2. The minimum atomic E-state index is -3.84. The van der Waals surface area contributed by atoms with Gasteiger partial charge in [-0.1, -0.05) is 38.1 Å². The molecule has 0 fully saturated rings. The van der Waals surface area contributed by atoms with Crippen molar-refractivity contribution >= 4 is 27.3 Å². The van der Waals surface area contributed by atoms with Crippen LogP contribution in [0.25, 0.3) is 0 Å². The van der Waals surface area contributed by atoms with Crippen molar-refractivity contribution in [1.82, 2.24) is 0 Å². The lowest BCUT2D eigenvalue weighted by Gasteiger charge is -2.10. The standard InChI is InChI=1S/C20H21NO7S/c1-4-13(2)14-5-7-15(8-6-14)18(22)12-28-20(23)16-9-10-19(29(3,26)27)17(11-16)21(24)25/h5-11,13H,4,12H2,1-3H3/t13-/m0/s1. The highest BCUT2D eigenvalue weighted by atomic mass is 32.2. The number of sulfone groups is 1. The second-order valence-corrected chi connectivity index (χ2v) is 8.63. The molecule has 0 N–H and O–H groups in total. The number of hydrogen-bond acceptors (Lipinski definition) is 7. The molecule has 0 aliphatic heterocycles. The van der Waals surface area contributed by atoms with Crippen molar-refractivity contribution < 1.29 is 27.7 Å². The molecule has 0 bridgehead atoms. The zero-order valence-electron chi connectivity index (χ0n) is 16.2. The lowest BCUT2D eigenvalue weighted by molar-refractivity contribution is -0.387. The predicted molar refractivity (Wildman–Crippen MR) is 106 cm³/mol. The molecule has 0 saturated carbocycles. The van der Waals surface area contributed by atoms with Crippen molar-refractivity contribution in [3.63, 3.8) is 0 Å². The fourth-order valence-corrected chi connectivity index (χ4v) is 3.46. The summed E-state index contributed by atoms with van der Waals surface area (Å²) in [5.41, 5.74) is 0.528. The van der Waals surface area contributed by atoms with Crippen molar-refractivity contribution in [3.05, 3.63) is 69.3 Å². The van der Waals surface area contributed by atoms with Gasteiger partial charge in [-0.3, -0.25) is 14.9 Å². The van der Waals surface area contributed by atoms with Gasteiger partial charge in [-0.25, -0.2) is 13.2 Å². The topological polar surface area (TPSA) is 121 Å². The van der Waals surface area contributed by atoms with E-state index in [0.29, 0.717) is 11.5 Å². The Morgan fingerprint density at radius 3 is 2.21 bits per heavy atom. The minimum Gasteiger partial charge on any atom is -0.454 e. The van der Waals surface area contributed by atoms with Crippen LogP contribution >= 0.6 is 0 Å². The molecule has 9 heteroatoms. The number of esters is 1. The van der Waals surface area contributed by atoms with Gasteiger partial charge in [0.2, 0.25) is 0 Å². The van der Waals surface area contributed by atoms with E-state index >= 15 is 0 Å². The van der Waals surface area contributed by atoms with E-state index < -0.39 is 43.7 Å². The molecule has 0 amide bonds. The lowest BCUT2D eigenvalue weighted by Crippen LogP contribution is -2.15. The molecule has 0 unspecified atom stereocenters. The number of nitro groups is 1. The number of nitro benzene ring substituents is 1. The minimum absolute atomic E-state index is 0.219. The summed E-state index contributed by atoms with van der Waals surface area (Å²) in [5.74, 6) is -1.02. The molecule has 0 aromatic heterocycles. The van der Waals surface area contributed by atoms with Gasteiger partial charge < -0.3 is 4.74 Å². The number of carbonyl (C=O) groups is 2. The van der Waals surface area contributed by atoms with Crippen molar-refractivity contribution in [2.24, 2.45) is 0 Å². The highest BCUT2D eigenvalue weighted by Gasteiger charge is 2.24. The Balaban J connectivity index is 2.11. The van der Waals surface area contributed by atoms with Gasteiger partial charge in [-0.05, 0) is 30.0 Å². The SMILES string of the molecule is CC[C@H](C)c1ccc(C(=O)COC(=O)c2ccc(S(C)(=O)=O)c([N+](=O)[O-])c2)cc1. The van der Waals surface area contributed by atoms with Crippen molar-refractivity contribution in [1.29, 1.82) is 0 Å². The second-order valence-electron chi connectivity index (χ2n) is 6.64. The zero-order valence-corrected chi connectivity index (χ0v) is 17.1. The van der Waals surface area contributed by atoms with Gasteiger partial charge in [-0.15, -0.1) is 0 Å². The van der Waals surface area contributed by atoms with E-state index in [0.717, 1.165) is 36.4 Å². The predicted octanol–water partition coefficient (Wildman–Crippen LogP) is 3.55.